The van der Waals surface area contributed by atoms with Crippen molar-refractivity contribution in [2.75, 3.05) is 31.9 Å². The van der Waals surface area contributed by atoms with E-state index in [1.165, 1.54) is 12.4 Å². The first kappa shape index (κ1) is 27.4. The second-order valence-electron chi connectivity index (χ2n) is 9.98. The largest absolute Gasteiger partial charge is 0.391 e. The Morgan fingerprint density at radius 1 is 1.13 bits per heavy atom. The van der Waals surface area contributed by atoms with Crippen molar-refractivity contribution in [3.8, 4) is 23.1 Å². The highest BCUT2D eigenvalue weighted by atomic mass is 35.5. The van der Waals surface area contributed by atoms with Gasteiger partial charge in [-0.05, 0) is 49.9 Å². The van der Waals surface area contributed by atoms with Crippen molar-refractivity contribution in [2.24, 2.45) is 0 Å². The maximum Gasteiger partial charge on any atom is 0.137 e. The number of anilines is 1. The molecular formula is C29H32ClFN6O2. The summed E-state index contributed by atoms with van der Waals surface area (Å²) in [5.41, 5.74) is 8.59. The van der Waals surface area contributed by atoms with Gasteiger partial charge in [-0.1, -0.05) is 30.4 Å². The molecule has 5 rings (SSSR count). The number of aliphatic hydroxyl groups is 2. The van der Waals surface area contributed by atoms with Crippen molar-refractivity contribution in [1.29, 1.82) is 0 Å². The molecule has 1 aliphatic carbocycles. The van der Waals surface area contributed by atoms with Crippen LogP contribution in [0.25, 0.3) is 11.3 Å². The Labute approximate surface area is 232 Å². The van der Waals surface area contributed by atoms with E-state index in [1.807, 2.05) is 11.8 Å². The summed E-state index contributed by atoms with van der Waals surface area (Å²) in [6, 6.07) is 6.56. The Morgan fingerprint density at radius 2 is 1.92 bits per heavy atom. The van der Waals surface area contributed by atoms with E-state index < -0.39 is 12.0 Å². The summed E-state index contributed by atoms with van der Waals surface area (Å²) < 4.78 is 15.6. The monoisotopic (exact) mass is 550 g/mol. The summed E-state index contributed by atoms with van der Waals surface area (Å²) in [4.78, 5) is 16.9. The van der Waals surface area contributed by atoms with Gasteiger partial charge in [-0.2, -0.15) is 0 Å². The number of benzene rings is 1. The van der Waals surface area contributed by atoms with Gasteiger partial charge < -0.3 is 15.9 Å². The summed E-state index contributed by atoms with van der Waals surface area (Å²) >= 11 is 6.59. The standard InChI is InChI=1S/C29H32ClFN6O2/c1-2-23-20(8-6-18-7-9-26(32)33-16-18)28(35-17-34-23)19-14-21(30)27(22(31)15-19)29(39)37-12-10-36(11-13-37)24-4-3-5-25(24)38/h7,9,14-17,24-25,29,38-39H,2-5,10-13H2,1H3,(H2,32,33). The van der Waals surface area contributed by atoms with E-state index in [4.69, 9.17) is 17.3 Å². The molecule has 0 radical (unpaired) electrons. The number of nitrogens with two attached hydrogens (primary N) is 1. The number of rotatable bonds is 5. The minimum Gasteiger partial charge on any atom is -0.391 e. The lowest BCUT2D eigenvalue weighted by Crippen LogP contribution is -2.53. The normalized spacial score (nSPS) is 20.9. The molecule has 0 spiro atoms. The molecule has 1 saturated heterocycles. The number of aromatic nitrogens is 3. The predicted molar refractivity (Wildman–Crippen MR) is 148 cm³/mol. The lowest BCUT2D eigenvalue weighted by molar-refractivity contribution is -0.0454. The fourth-order valence-corrected chi connectivity index (χ4v) is 5.77. The maximum absolute atomic E-state index is 15.6. The van der Waals surface area contributed by atoms with E-state index in [0.717, 1.165) is 25.0 Å². The van der Waals surface area contributed by atoms with Crippen molar-refractivity contribution in [1.82, 2.24) is 24.8 Å². The fourth-order valence-electron chi connectivity index (χ4n) is 5.46. The molecule has 39 heavy (non-hydrogen) atoms. The first-order valence-electron chi connectivity index (χ1n) is 13.3. The van der Waals surface area contributed by atoms with E-state index in [1.54, 1.807) is 24.4 Å². The zero-order valence-electron chi connectivity index (χ0n) is 21.8. The van der Waals surface area contributed by atoms with Crippen LogP contribution in [-0.4, -0.2) is 73.3 Å². The molecule has 2 fully saturated rings. The summed E-state index contributed by atoms with van der Waals surface area (Å²) in [5.74, 6) is 5.97. The number of aryl methyl sites for hydroxylation is 1. The number of halogens is 2. The number of pyridine rings is 1. The Balaban J connectivity index is 1.39. The third kappa shape index (κ3) is 5.91. The minimum absolute atomic E-state index is 0.0418. The molecule has 1 saturated carbocycles. The van der Waals surface area contributed by atoms with Crippen molar-refractivity contribution in [3.05, 3.63) is 70.0 Å². The number of nitrogen functional groups attached to an aromatic ring is 1. The second kappa shape index (κ2) is 11.9. The first-order chi connectivity index (χ1) is 18.9. The number of aliphatic hydroxyl groups excluding tert-OH is 2. The highest BCUT2D eigenvalue weighted by Crippen LogP contribution is 2.35. The van der Waals surface area contributed by atoms with Crippen molar-refractivity contribution in [2.45, 2.75) is 51.0 Å². The molecule has 0 bridgehead atoms. The average molecular weight is 551 g/mol. The number of piperazine rings is 1. The summed E-state index contributed by atoms with van der Waals surface area (Å²) in [5, 5.41) is 21.5. The Morgan fingerprint density at radius 3 is 2.56 bits per heavy atom. The molecule has 1 aromatic carbocycles. The van der Waals surface area contributed by atoms with Gasteiger partial charge in [0.15, 0.2) is 0 Å². The molecule has 3 atom stereocenters. The van der Waals surface area contributed by atoms with Crippen LogP contribution in [0.5, 0.6) is 0 Å². The zero-order valence-corrected chi connectivity index (χ0v) is 22.6. The van der Waals surface area contributed by atoms with Gasteiger partial charge in [0.2, 0.25) is 0 Å². The van der Waals surface area contributed by atoms with Gasteiger partial charge in [-0.15, -0.1) is 0 Å². The van der Waals surface area contributed by atoms with Crippen molar-refractivity contribution < 1.29 is 14.6 Å². The Bertz CT molecular complexity index is 1360. The van der Waals surface area contributed by atoms with Crippen molar-refractivity contribution >= 4 is 17.4 Å². The molecule has 1 aliphatic heterocycles. The van der Waals surface area contributed by atoms with Crippen LogP contribution in [0.1, 0.15) is 54.8 Å². The fraction of sp³-hybridized carbons (Fsp3) is 0.414. The maximum atomic E-state index is 15.6. The van der Waals surface area contributed by atoms with Crippen LogP contribution in [0, 0.1) is 17.7 Å². The third-order valence-electron chi connectivity index (χ3n) is 7.60. The lowest BCUT2D eigenvalue weighted by atomic mass is 10.0. The molecule has 2 aromatic heterocycles. The molecule has 3 unspecified atom stereocenters. The highest BCUT2D eigenvalue weighted by molar-refractivity contribution is 6.31. The van der Waals surface area contributed by atoms with E-state index in [0.29, 0.717) is 60.8 Å². The lowest BCUT2D eigenvalue weighted by Gasteiger charge is -2.41. The van der Waals surface area contributed by atoms with Gasteiger partial charge in [0.25, 0.3) is 0 Å². The molecule has 10 heteroatoms. The summed E-state index contributed by atoms with van der Waals surface area (Å²) in [6.07, 6.45) is 4.98. The molecule has 4 N–H and O–H groups in total. The van der Waals surface area contributed by atoms with E-state index in [2.05, 4.69) is 31.7 Å². The predicted octanol–water partition coefficient (Wildman–Crippen LogP) is 3.40. The van der Waals surface area contributed by atoms with E-state index >= 15 is 4.39 Å². The smallest absolute Gasteiger partial charge is 0.137 e. The average Bonchev–Trinajstić information content (AvgIpc) is 3.37. The molecule has 3 aromatic rings. The third-order valence-corrected chi connectivity index (χ3v) is 7.91. The van der Waals surface area contributed by atoms with Gasteiger partial charge in [-0.3, -0.25) is 9.80 Å². The molecule has 204 valence electrons. The van der Waals surface area contributed by atoms with Gasteiger partial charge in [0.1, 0.15) is 24.2 Å². The highest BCUT2D eigenvalue weighted by Gasteiger charge is 2.34. The molecule has 0 amide bonds. The topological polar surface area (TPSA) is 112 Å². The van der Waals surface area contributed by atoms with Gasteiger partial charge in [-0.25, -0.2) is 19.3 Å². The van der Waals surface area contributed by atoms with E-state index in [-0.39, 0.29) is 22.7 Å². The van der Waals surface area contributed by atoms with Crippen LogP contribution in [0.4, 0.5) is 10.2 Å². The zero-order chi connectivity index (χ0) is 27.5. The van der Waals surface area contributed by atoms with Crippen molar-refractivity contribution in [3.63, 3.8) is 0 Å². The number of hydrogen-bond acceptors (Lipinski definition) is 8. The first-order valence-corrected chi connectivity index (χ1v) is 13.6. The Hall–Kier alpha value is -3.13. The number of hydrogen-bond donors (Lipinski definition) is 3. The molecule has 3 heterocycles. The van der Waals surface area contributed by atoms with Crippen LogP contribution in [-0.2, 0) is 6.42 Å². The number of nitrogens with zero attached hydrogens (tertiary/aromatic N) is 5. The summed E-state index contributed by atoms with van der Waals surface area (Å²) in [6.45, 7) is 4.45. The van der Waals surface area contributed by atoms with Crippen LogP contribution >= 0.6 is 11.6 Å². The molecular weight excluding hydrogens is 519 g/mol. The summed E-state index contributed by atoms with van der Waals surface area (Å²) in [7, 11) is 0. The van der Waals surface area contributed by atoms with Gasteiger partial charge in [0, 0.05) is 55.1 Å². The minimum atomic E-state index is -1.18. The van der Waals surface area contributed by atoms with Gasteiger partial charge in [0.05, 0.1) is 28.1 Å². The van der Waals surface area contributed by atoms with Crippen LogP contribution in [0.2, 0.25) is 5.02 Å². The second-order valence-corrected chi connectivity index (χ2v) is 10.4. The quantitative estimate of drug-likeness (QED) is 0.415. The van der Waals surface area contributed by atoms with Gasteiger partial charge >= 0.3 is 0 Å². The Kier molecular flexibility index (Phi) is 8.40. The van der Waals surface area contributed by atoms with Crippen LogP contribution in [0.15, 0.2) is 36.8 Å². The SMILES string of the molecule is CCc1ncnc(-c2cc(F)c(C(O)N3CCN(C4CCCC4O)CC3)c(Cl)c2)c1C#Cc1ccc(N)nc1. The van der Waals surface area contributed by atoms with Crippen LogP contribution in [0.3, 0.4) is 0 Å². The molecule has 8 nitrogen and oxygen atoms in total. The van der Waals surface area contributed by atoms with E-state index in [9.17, 15) is 10.2 Å². The van der Waals surface area contributed by atoms with Crippen LogP contribution < -0.4 is 5.73 Å². The molecule has 2 aliphatic rings.